The second-order valence-corrected chi connectivity index (χ2v) is 5.65. The summed E-state index contributed by atoms with van der Waals surface area (Å²) in [6.45, 7) is 6.72. The first-order valence-electron chi connectivity index (χ1n) is 7.63. The Balaban J connectivity index is 2.26. The fourth-order valence-corrected chi connectivity index (χ4v) is 2.12. The topological polar surface area (TPSA) is 58.6 Å². The van der Waals surface area contributed by atoms with Gasteiger partial charge >= 0.3 is 0 Å². The van der Waals surface area contributed by atoms with Crippen LogP contribution in [0.3, 0.4) is 0 Å². The molecule has 2 N–H and O–H groups in total. The number of aryl methyl sites for hydroxylation is 1. The molecule has 0 aliphatic rings. The molecule has 0 aliphatic heterocycles. The van der Waals surface area contributed by atoms with Crippen LogP contribution in [0.4, 0.5) is 0 Å². The molecule has 1 aromatic carbocycles. The molecule has 1 atom stereocenters. The number of ether oxygens (including phenoxy) is 1. The molecular formula is C17H27NO3. The molecule has 0 heterocycles. The fraction of sp³-hybridized carbons (Fsp3) is 0.588. The third-order valence-corrected chi connectivity index (χ3v) is 3.49. The molecule has 0 fully saturated rings. The lowest BCUT2D eigenvalue weighted by atomic mass is 10.0. The number of carbonyl (C=O) groups excluding carboxylic acids is 1. The second-order valence-electron chi connectivity index (χ2n) is 5.65. The van der Waals surface area contributed by atoms with E-state index >= 15 is 0 Å². The zero-order valence-corrected chi connectivity index (χ0v) is 13.3. The van der Waals surface area contributed by atoms with E-state index in [0.29, 0.717) is 31.8 Å². The molecule has 4 nitrogen and oxygen atoms in total. The van der Waals surface area contributed by atoms with Crippen molar-refractivity contribution in [2.45, 2.75) is 46.1 Å². The van der Waals surface area contributed by atoms with E-state index in [2.05, 4.69) is 5.32 Å². The van der Waals surface area contributed by atoms with Gasteiger partial charge in [0.2, 0.25) is 5.91 Å². The van der Waals surface area contributed by atoms with Gasteiger partial charge < -0.3 is 15.2 Å². The van der Waals surface area contributed by atoms with Crippen LogP contribution < -0.4 is 10.1 Å². The van der Waals surface area contributed by atoms with Gasteiger partial charge in [0.05, 0.1) is 6.61 Å². The molecule has 1 amide bonds. The highest BCUT2D eigenvalue weighted by Crippen LogP contribution is 2.16. The van der Waals surface area contributed by atoms with Crippen LogP contribution >= 0.6 is 0 Å². The number of hydrogen-bond acceptors (Lipinski definition) is 3. The van der Waals surface area contributed by atoms with Gasteiger partial charge in [0.25, 0.3) is 0 Å². The number of aliphatic hydroxyl groups excluding tert-OH is 1. The van der Waals surface area contributed by atoms with E-state index in [4.69, 9.17) is 9.84 Å². The Morgan fingerprint density at radius 2 is 2.05 bits per heavy atom. The van der Waals surface area contributed by atoms with Crippen LogP contribution in [0.1, 0.15) is 38.7 Å². The first kappa shape index (κ1) is 17.5. The lowest BCUT2D eigenvalue weighted by molar-refractivity contribution is -0.122. The Morgan fingerprint density at radius 1 is 1.33 bits per heavy atom. The summed E-state index contributed by atoms with van der Waals surface area (Å²) >= 11 is 0. The summed E-state index contributed by atoms with van der Waals surface area (Å²) < 4.78 is 5.67. The number of carbonyl (C=O) groups is 1. The van der Waals surface area contributed by atoms with E-state index in [1.54, 1.807) is 0 Å². The van der Waals surface area contributed by atoms with Crippen LogP contribution in [-0.4, -0.2) is 30.3 Å². The molecule has 0 spiro atoms. The molecule has 1 aromatic rings. The maximum atomic E-state index is 11.9. The van der Waals surface area contributed by atoms with Crippen LogP contribution in [0.25, 0.3) is 0 Å². The van der Waals surface area contributed by atoms with Crippen molar-refractivity contribution < 1.29 is 14.6 Å². The van der Waals surface area contributed by atoms with Crippen molar-refractivity contribution in [2.75, 3.05) is 13.2 Å². The predicted octanol–water partition coefficient (Wildman–Crippen LogP) is 2.68. The van der Waals surface area contributed by atoms with Crippen molar-refractivity contribution >= 4 is 5.91 Å². The molecule has 4 heteroatoms. The van der Waals surface area contributed by atoms with Gasteiger partial charge in [0, 0.05) is 19.1 Å². The molecule has 1 unspecified atom stereocenters. The van der Waals surface area contributed by atoms with Crippen LogP contribution in [0.5, 0.6) is 5.75 Å². The lowest BCUT2D eigenvalue weighted by Gasteiger charge is -2.21. The molecule has 21 heavy (non-hydrogen) atoms. The Bertz CT molecular complexity index is 432. The minimum Gasteiger partial charge on any atom is -0.493 e. The average Bonchev–Trinajstić information content (AvgIpc) is 2.44. The van der Waals surface area contributed by atoms with Gasteiger partial charge in [0.1, 0.15) is 5.75 Å². The zero-order valence-electron chi connectivity index (χ0n) is 13.3. The molecule has 1 rings (SSSR count). The number of hydrogen-bond donors (Lipinski definition) is 2. The fourth-order valence-electron chi connectivity index (χ4n) is 2.12. The summed E-state index contributed by atoms with van der Waals surface area (Å²) in [5.41, 5.74) is 1.10. The Hall–Kier alpha value is -1.55. The number of nitrogens with one attached hydrogen (secondary N) is 1. The maximum absolute atomic E-state index is 11.9. The van der Waals surface area contributed by atoms with Gasteiger partial charge in [0.15, 0.2) is 0 Å². The van der Waals surface area contributed by atoms with Crippen molar-refractivity contribution in [1.82, 2.24) is 5.32 Å². The van der Waals surface area contributed by atoms with Gasteiger partial charge in [-0.25, -0.2) is 0 Å². The Labute approximate surface area is 127 Å². The van der Waals surface area contributed by atoms with Crippen molar-refractivity contribution in [3.05, 3.63) is 29.8 Å². The van der Waals surface area contributed by atoms with Gasteiger partial charge in [-0.1, -0.05) is 32.0 Å². The number of amides is 1. The number of para-hydroxylation sites is 1. The van der Waals surface area contributed by atoms with Crippen LogP contribution in [0.2, 0.25) is 0 Å². The highest BCUT2D eigenvalue weighted by Gasteiger charge is 2.15. The molecule has 0 radical (unpaired) electrons. The molecule has 118 valence electrons. The van der Waals surface area contributed by atoms with Gasteiger partial charge in [-0.3, -0.25) is 4.79 Å². The third kappa shape index (κ3) is 6.63. The smallest absolute Gasteiger partial charge is 0.220 e. The Morgan fingerprint density at radius 3 is 2.67 bits per heavy atom. The number of aliphatic hydroxyl groups is 1. The van der Waals surface area contributed by atoms with E-state index in [0.717, 1.165) is 11.3 Å². The summed E-state index contributed by atoms with van der Waals surface area (Å²) in [7, 11) is 0. The highest BCUT2D eigenvalue weighted by molar-refractivity contribution is 5.76. The van der Waals surface area contributed by atoms with Crippen molar-refractivity contribution in [2.24, 2.45) is 5.92 Å². The molecule has 0 bridgehead atoms. The molecular weight excluding hydrogens is 266 g/mol. The summed E-state index contributed by atoms with van der Waals surface area (Å²) in [6.07, 6.45) is 1.73. The van der Waals surface area contributed by atoms with Crippen LogP contribution in [0, 0.1) is 12.8 Å². The molecule has 0 saturated heterocycles. The lowest BCUT2D eigenvalue weighted by Crippen LogP contribution is -2.39. The predicted molar refractivity (Wildman–Crippen MR) is 84.4 cm³/mol. The summed E-state index contributed by atoms with van der Waals surface area (Å²) in [5, 5.41) is 12.0. The first-order chi connectivity index (χ1) is 10.0. The maximum Gasteiger partial charge on any atom is 0.220 e. The van der Waals surface area contributed by atoms with Crippen LogP contribution in [-0.2, 0) is 4.79 Å². The van der Waals surface area contributed by atoms with Gasteiger partial charge in [-0.05, 0) is 37.3 Å². The molecule has 0 aliphatic carbocycles. The van der Waals surface area contributed by atoms with Crippen molar-refractivity contribution in [3.63, 3.8) is 0 Å². The summed E-state index contributed by atoms with van der Waals surface area (Å²) in [4.78, 5) is 11.9. The first-order valence-corrected chi connectivity index (χ1v) is 7.63. The van der Waals surface area contributed by atoms with E-state index in [9.17, 15) is 4.79 Å². The molecule has 0 saturated carbocycles. The largest absolute Gasteiger partial charge is 0.493 e. The zero-order chi connectivity index (χ0) is 15.7. The normalized spacial score (nSPS) is 12.2. The standard InChI is InChI=1S/C17H27NO3/c1-13(2)15(10-11-19)18-17(20)9-6-12-21-16-8-5-4-7-14(16)3/h4-5,7-8,13,15,19H,6,9-12H2,1-3H3,(H,18,20). The van der Waals surface area contributed by atoms with Crippen molar-refractivity contribution in [1.29, 1.82) is 0 Å². The van der Waals surface area contributed by atoms with E-state index < -0.39 is 0 Å². The number of benzene rings is 1. The highest BCUT2D eigenvalue weighted by atomic mass is 16.5. The quantitative estimate of drug-likeness (QED) is 0.688. The third-order valence-electron chi connectivity index (χ3n) is 3.49. The van der Waals surface area contributed by atoms with E-state index in [1.165, 1.54) is 0 Å². The number of rotatable bonds is 9. The van der Waals surface area contributed by atoms with E-state index in [1.807, 2.05) is 45.0 Å². The summed E-state index contributed by atoms with van der Waals surface area (Å²) in [5.74, 6) is 1.22. The minimum absolute atomic E-state index is 0.0236. The molecule has 0 aromatic heterocycles. The summed E-state index contributed by atoms with van der Waals surface area (Å²) in [6, 6.07) is 7.90. The van der Waals surface area contributed by atoms with E-state index in [-0.39, 0.29) is 18.6 Å². The minimum atomic E-state index is 0.0236. The van der Waals surface area contributed by atoms with Crippen molar-refractivity contribution in [3.8, 4) is 5.75 Å². The van der Waals surface area contributed by atoms with Gasteiger partial charge in [-0.15, -0.1) is 0 Å². The Kier molecular flexibility index (Phi) is 7.83. The van der Waals surface area contributed by atoms with Gasteiger partial charge in [-0.2, -0.15) is 0 Å². The monoisotopic (exact) mass is 293 g/mol. The SMILES string of the molecule is Cc1ccccc1OCCCC(=O)NC(CCO)C(C)C. The average molecular weight is 293 g/mol. The second kappa shape index (κ2) is 9.40. The van der Waals surface area contributed by atoms with Crippen LogP contribution in [0.15, 0.2) is 24.3 Å².